The number of aromatic hydroxyl groups is 1. The van der Waals surface area contributed by atoms with Crippen molar-refractivity contribution in [2.75, 3.05) is 14.1 Å². The van der Waals surface area contributed by atoms with Crippen LogP contribution >= 0.6 is 34.8 Å². The van der Waals surface area contributed by atoms with Crippen LogP contribution in [-0.4, -0.2) is 50.9 Å². The van der Waals surface area contributed by atoms with Crippen LogP contribution < -0.4 is 0 Å². The van der Waals surface area contributed by atoms with Gasteiger partial charge in [-0.2, -0.15) is 0 Å². The van der Waals surface area contributed by atoms with Crippen molar-refractivity contribution >= 4 is 63.5 Å². The van der Waals surface area contributed by atoms with E-state index in [0.717, 1.165) is 21.9 Å². The molecule has 0 atom stereocenters. The molecule has 1 aromatic carbocycles. The lowest BCUT2D eigenvalue weighted by Crippen LogP contribution is -2.52. The number of phenols is 1. The summed E-state index contributed by atoms with van der Waals surface area (Å²) in [6.45, 7) is 0. The zero-order chi connectivity index (χ0) is 17.5. The monoisotopic (exact) mass is 447 g/mol. The fourth-order valence-electron chi connectivity index (χ4n) is 1.95. The third-order valence-electron chi connectivity index (χ3n) is 3.23. The number of nitro benzene ring substituents is 1. The topological polar surface area (TPSA) is 104 Å². The second-order valence-corrected chi connectivity index (χ2v) is 6.22. The summed E-state index contributed by atoms with van der Waals surface area (Å²) < 4.78 is 0.233. The molecule has 1 N–H and O–H groups in total. The molecule has 2 amide bonds. The van der Waals surface area contributed by atoms with Gasteiger partial charge in [-0.15, -0.1) is 0 Å². The van der Waals surface area contributed by atoms with Crippen molar-refractivity contribution in [2.45, 2.75) is 0 Å². The van der Waals surface area contributed by atoms with Crippen molar-refractivity contribution in [2.24, 2.45) is 0 Å². The number of rotatable bonds is 2. The molecule has 0 bridgehead atoms. The molecular weight excluding hydrogens is 437 g/mol. The van der Waals surface area contributed by atoms with Gasteiger partial charge in [0.05, 0.1) is 8.49 Å². The van der Waals surface area contributed by atoms with E-state index in [1.807, 2.05) is 0 Å². The van der Waals surface area contributed by atoms with Gasteiger partial charge in [-0.3, -0.25) is 29.5 Å². The Kier molecular flexibility index (Phi) is 4.66. The number of benzene rings is 1. The minimum absolute atomic E-state index is 0.00918. The third-order valence-corrected chi connectivity index (χ3v) is 4.60. The zero-order valence-electron chi connectivity index (χ0n) is 11.9. The van der Waals surface area contributed by atoms with Crippen LogP contribution in [-0.2, 0) is 9.59 Å². The van der Waals surface area contributed by atoms with Crippen molar-refractivity contribution in [1.82, 2.24) is 9.80 Å². The zero-order valence-corrected chi connectivity index (χ0v) is 14.9. The third kappa shape index (κ3) is 3.03. The Morgan fingerprint density at radius 3 is 2.26 bits per heavy atom. The first-order chi connectivity index (χ1) is 10.6. The number of nitrogens with zero attached hydrogens (tertiary/aromatic N) is 3. The number of carbonyl (C=O) groups is 2. The van der Waals surface area contributed by atoms with Crippen LogP contribution in [0, 0.1) is 13.7 Å². The number of halogens is 1. The fourth-order valence-corrected chi connectivity index (χ4v) is 2.75. The number of carbonyl (C=O) groups excluding carboxylic acids is 2. The van der Waals surface area contributed by atoms with Gasteiger partial charge in [-0.1, -0.05) is 0 Å². The van der Waals surface area contributed by atoms with E-state index < -0.39 is 16.7 Å². The fraction of sp³-hybridized carbons (Fsp3) is 0.154. The van der Waals surface area contributed by atoms with E-state index in [1.165, 1.54) is 20.2 Å². The van der Waals surface area contributed by atoms with Gasteiger partial charge in [0.1, 0.15) is 11.3 Å². The summed E-state index contributed by atoms with van der Waals surface area (Å²) in [5.41, 5.74) is -0.489. The van der Waals surface area contributed by atoms with E-state index in [-0.39, 0.29) is 31.3 Å². The lowest BCUT2D eigenvalue weighted by molar-refractivity contribution is -0.385. The van der Waals surface area contributed by atoms with E-state index in [1.54, 1.807) is 22.6 Å². The average molecular weight is 447 g/mol. The van der Waals surface area contributed by atoms with E-state index >= 15 is 0 Å². The molecular formula is C13H10IN3O5S. The summed E-state index contributed by atoms with van der Waals surface area (Å²) in [4.78, 5) is 37.0. The van der Waals surface area contributed by atoms with E-state index in [2.05, 4.69) is 0 Å². The molecule has 0 aromatic heterocycles. The molecule has 0 radical (unpaired) electrons. The van der Waals surface area contributed by atoms with Crippen molar-refractivity contribution in [1.29, 1.82) is 0 Å². The Morgan fingerprint density at radius 2 is 1.78 bits per heavy atom. The molecule has 1 heterocycles. The van der Waals surface area contributed by atoms with Crippen molar-refractivity contribution in [3.8, 4) is 5.75 Å². The molecule has 0 spiro atoms. The standard InChI is InChI=1S/C13H10IN3O5S/c1-15-11(19)8(12(20)16(2)13(15)23)4-6-3-7(17(21)22)5-9(14)10(6)18/h3-5,18H,1-2H3. The molecule has 10 heteroatoms. The van der Waals surface area contributed by atoms with Gasteiger partial charge in [-0.25, -0.2) is 0 Å². The molecule has 1 aromatic rings. The number of thiocarbonyl (C=S) groups is 1. The Balaban J connectivity index is 2.61. The summed E-state index contributed by atoms with van der Waals surface area (Å²) in [6, 6.07) is 2.29. The molecule has 1 aliphatic heterocycles. The summed E-state index contributed by atoms with van der Waals surface area (Å²) in [5.74, 6) is -1.53. The van der Waals surface area contributed by atoms with Crippen molar-refractivity contribution < 1.29 is 19.6 Å². The SMILES string of the molecule is CN1C(=O)C(=Cc2cc([N+](=O)[O-])cc(I)c2O)C(=O)N(C)C1=S. The molecule has 0 unspecified atom stereocenters. The van der Waals surface area contributed by atoms with E-state index in [0.29, 0.717) is 0 Å². The van der Waals surface area contributed by atoms with Gasteiger partial charge in [0, 0.05) is 31.8 Å². The van der Waals surface area contributed by atoms with Crippen LogP contribution in [0.4, 0.5) is 5.69 Å². The van der Waals surface area contributed by atoms with E-state index in [4.69, 9.17) is 12.2 Å². The highest BCUT2D eigenvalue weighted by Gasteiger charge is 2.35. The predicted molar refractivity (Wildman–Crippen MR) is 93.6 cm³/mol. The molecule has 2 rings (SSSR count). The Labute approximate surface area is 149 Å². The Morgan fingerprint density at radius 1 is 1.26 bits per heavy atom. The highest BCUT2D eigenvalue weighted by atomic mass is 127. The van der Waals surface area contributed by atoms with Crippen LogP contribution in [0.1, 0.15) is 5.56 Å². The molecule has 1 fully saturated rings. The van der Waals surface area contributed by atoms with Crippen LogP contribution in [0.5, 0.6) is 5.75 Å². The molecule has 0 aliphatic carbocycles. The normalized spacial score (nSPS) is 15.3. The molecule has 1 aliphatic rings. The van der Waals surface area contributed by atoms with Crippen LogP contribution in [0.2, 0.25) is 0 Å². The van der Waals surface area contributed by atoms with Crippen LogP contribution in [0.15, 0.2) is 17.7 Å². The second kappa shape index (κ2) is 6.20. The minimum Gasteiger partial charge on any atom is -0.506 e. The number of hydrogen-bond donors (Lipinski definition) is 1. The van der Waals surface area contributed by atoms with Crippen LogP contribution in [0.3, 0.4) is 0 Å². The maximum atomic E-state index is 12.2. The number of likely N-dealkylation sites (N-methyl/N-ethyl adjacent to an activating group) is 2. The lowest BCUT2D eigenvalue weighted by Gasteiger charge is -2.31. The summed E-state index contributed by atoms with van der Waals surface area (Å²) in [7, 11) is 2.83. The first-order valence-corrected chi connectivity index (χ1v) is 7.62. The van der Waals surface area contributed by atoms with Crippen molar-refractivity contribution in [3.63, 3.8) is 0 Å². The predicted octanol–water partition coefficient (Wildman–Crippen LogP) is 1.50. The molecule has 0 saturated carbocycles. The number of nitro groups is 1. The van der Waals surface area contributed by atoms with Gasteiger partial charge in [-0.05, 0) is 40.9 Å². The number of non-ortho nitro benzene ring substituents is 1. The largest absolute Gasteiger partial charge is 0.506 e. The number of amides is 2. The highest BCUT2D eigenvalue weighted by molar-refractivity contribution is 14.1. The Hall–Kier alpha value is -2.08. The second-order valence-electron chi connectivity index (χ2n) is 4.69. The maximum Gasteiger partial charge on any atom is 0.271 e. The first-order valence-electron chi connectivity index (χ1n) is 6.13. The van der Waals surface area contributed by atoms with Crippen LogP contribution in [0.25, 0.3) is 6.08 Å². The van der Waals surface area contributed by atoms with Gasteiger partial charge >= 0.3 is 0 Å². The lowest BCUT2D eigenvalue weighted by atomic mass is 10.1. The minimum atomic E-state index is -0.640. The van der Waals surface area contributed by atoms with Crippen molar-refractivity contribution in [3.05, 3.63) is 37.0 Å². The molecule has 120 valence electrons. The smallest absolute Gasteiger partial charge is 0.271 e. The highest BCUT2D eigenvalue weighted by Crippen LogP contribution is 2.32. The summed E-state index contributed by atoms with van der Waals surface area (Å²) >= 11 is 6.70. The quantitative estimate of drug-likeness (QED) is 0.184. The number of phenolic OH excluding ortho intramolecular Hbond substituents is 1. The van der Waals surface area contributed by atoms with E-state index in [9.17, 15) is 24.8 Å². The first kappa shape index (κ1) is 17.3. The molecule has 1 saturated heterocycles. The Bertz CT molecular complexity index is 766. The summed E-state index contributed by atoms with van der Waals surface area (Å²) in [5, 5.41) is 21.0. The maximum absolute atomic E-state index is 12.2. The van der Waals surface area contributed by atoms with Gasteiger partial charge in [0.2, 0.25) is 0 Å². The van der Waals surface area contributed by atoms with Gasteiger partial charge in [0.15, 0.2) is 5.11 Å². The average Bonchev–Trinajstić information content (AvgIpc) is 2.51. The summed E-state index contributed by atoms with van der Waals surface area (Å²) in [6.07, 6.45) is 1.13. The molecule has 8 nitrogen and oxygen atoms in total. The number of hydrogen-bond acceptors (Lipinski definition) is 6. The van der Waals surface area contributed by atoms with Gasteiger partial charge in [0.25, 0.3) is 17.5 Å². The molecule has 23 heavy (non-hydrogen) atoms. The van der Waals surface area contributed by atoms with Gasteiger partial charge < -0.3 is 5.11 Å².